The zero-order valence-electron chi connectivity index (χ0n) is 9.51. The number of aliphatic carboxylic acids is 1. The van der Waals surface area contributed by atoms with E-state index in [1.54, 1.807) is 11.3 Å². The molecule has 0 radical (unpaired) electrons. The molecule has 16 heavy (non-hydrogen) atoms. The number of likely N-dealkylation sites (tertiary alicyclic amines) is 1. The van der Waals surface area contributed by atoms with E-state index in [1.165, 1.54) is 0 Å². The standard InChI is InChI=1S/C11H16N2O2S/c1-7-6-16-10(12-7)5-13-4-3-9(8(13)2)11(14)15/h6,8-9H,3-5H2,1-2H3,(H,14,15). The second kappa shape index (κ2) is 4.51. The zero-order valence-corrected chi connectivity index (χ0v) is 10.3. The van der Waals surface area contributed by atoms with Crippen LogP contribution in [0, 0.1) is 12.8 Å². The number of carboxylic acids is 1. The Bertz CT molecular complexity index is 391. The molecule has 1 aromatic rings. The normalized spacial score (nSPS) is 26.1. The van der Waals surface area contributed by atoms with Gasteiger partial charge in [0.25, 0.3) is 0 Å². The highest BCUT2D eigenvalue weighted by molar-refractivity contribution is 7.09. The SMILES string of the molecule is Cc1csc(CN2CCC(C(=O)O)C2C)n1. The van der Waals surface area contributed by atoms with Crippen LogP contribution in [0.3, 0.4) is 0 Å². The average Bonchev–Trinajstić information content (AvgIpc) is 2.76. The lowest BCUT2D eigenvalue weighted by atomic mass is 10.0. The number of carboxylic acid groups (broad SMARTS) is 1. The first-order valence-electron chi connectivity index (χ1n) is 5.46. The van der Waals surface area contributed by atoms with E-state index in [1.807, 2.05) is 19.2 Å². The molecule has 1 fully saturated rings. The van der Waals surface area contributed by atoms with Crippen molar-refractivity contribution in [2.75, 3.05) is 6.54 Å². The Morgan fingerprint density at radius 1 is 1.75 bits per heavy atom. The Morgan fingerprint density at radius 3 is 3.00 bits per heavy atom. The fraction of sp³-hybridized carbons (Fsp3) is 0.636. The summed E-state index contributed by atoms with van der Waals surface area (Å²) >= 11 is 1.65. The van der Waals surface area contributed by atoms with Gasteiger partial charge in [0.1, 0.15) is 5.01 Å². The summed E-state index contributed by atoms with van der Waals surface area (Å²) < 4.78 is 0. The monoisotopic (exact) mass is 240 g/mol. The molecule has 0 saturated carbocycles. The predicted molar refractivity (Wildman–Crippen MR) is 62.5 cm³/mol. The Kier molecular flexibility index (Phi) is 3.25. The second-order valence-electron chi connectivity index (χ2n) is 4.33. The Morgan fingerprint density at radius 2 is 2.50 bits per heavy atom. The van der Waals surface area contributed by atoms with E-state index in [2.05, 4.69) is 9.88 Å². The van der Waals surface area contributed by atoms with Crippen molar-refractivity contribution < 1.29 is 9.90 Å². The van der Waals surface area contributed by atoms with Crippen molar-refractivity contribution in [2.24, 2.45) is 5.92 Å². The molecule has 0 aromatic carbocycles. The van der Waals surface area contributed by atoms with Gasteiger partial charge in [-0.15, -0.1) is 11.3 Å². The van der Waals surface area contributed by atoms with Crippen molar-refractivity contribution in [3.05, 3.63) is 16.1 Å². The second-order valence-corrected chi connectivity index (χ2v) is 5.27. The molecule has 2 unspecified atom stereocenters. The molecule has 1 saturated heterocycles. The summed E-state index contributed by atoms with van der Waals surface area (Å²) in [6, 6.07) is 0.113. The van der Waals surface area contributed by atoms with Crippen LogP contribution in [0.15, 0.2) is 5.38 Å². The van der Waals surface area contributed by atoms with Gasteiger partial charge in [0, 0.05) is 17.1 Å². The number of carbonyl (C=O) groups is 1. The average molecular weight is 240 g/mol. The highest BCUT2D eigenvalue weighted by Crippen LogP contribution is 2.26. The molecule has 4 nitrogen and oxygen atoms in total. The molecule has 0 bridgehead atoms. The van der Waals surface area contributed by atoms with Crippen LogP contribution in [0.1, 0.15) is 24.0 Å². The van der Waals surface area contributed by atoms with Crippen LogP contribution >= 0.6 is 11.3 Å². The lowest BCUT2D eigenvalue weighted by Gasteiger charge is -2.21. The zero-order chi connectivity index (χ0) is 11.7. The molecule has 1 aromatic heterocycles. The molecule has 0 spiro atoms. The Hall–Kier alpha value is -0.940. The molecule has 2 atom stereocenters. The third kappa shape index (κ3) is 2.25. The third-order valence-corrected chi connectivity index (χ3v) is 4.16. The van der Waals surface area contributed by atoms with Crippen LogP contribution in [0.25, 0.3) is 0 Å². The summed E-state index contributed by atoms with van der Waals surface area (Å²) in [6.07, 6.45) is 0.751. The van der Waals surface area contributed by atoms with Gasteiger partial charge in [0.05, 0.1) is 12.5 Å². The minimum atomic E-state index is -0.676. The molecule has 2 heterocycles. The summed E-state index contributed by atoms with van der Waals surface area (Å²) in [5.41, 5.74) is 1.04. The molecule has 1 aliphatic rings. The summed E-state index contributed by atoms with van der Waals surface area (Å²) in [7, 11) is 0. The summed E-state index contributed by atoms with van der Waals surface area (Å²) in [5.74, 6) is -0.897. The number of thiazole rings is 1. The van der Waals surface area contributed by atoms with Crippen LogP contribution in [0.4, 0.5) is 0 Å². The number of hydrogen-bond acceptors (Lipinski definition) is 4. The largest absolute Gasteiger partial charge is 0.481 e. The van der Waals surface area contributed by atoms with Gasteiger partial charge in [-0.25, -0.2) is 4.98 Å². The fourth-order valence-electron chi connectivity index (χ4n) is 2.21. The maximum atomic E-state index is 11.0. The summed E-state index contributed by atoms with van der Waals surface area (Å²) in [6.45, 7) is 5.61. The van der Waals surface area contributed by atoms with E-state index in [4.69, 9.17) is 5.11 Å². The molecule has 2 rings (SSSR count). The number of hydrogen-bond donors (Lipinski definition) is 1. The van der Waals surface area contributed by atoms with Gasteiger partial charge in [-0.3, -0.25) is 9.69 Å². The van der Waals surface area contributed by atoms with E-state index in [0.29, 0.717) is 0 Å². The van der Waals surface area contributed by atoms with Crippen LogP contribution in [0.5, 0.6) is 0 Å². The molecule has 1 aliphatic heterocycles. The molecule has 0 amide bonds. The number of rotatable bonds is 3. The van der Waals surface area contributed by atoms with Crippen LogP contribution in [-0.2, 0) is 11.3 Å². The maximum absolute atomic E-state index is 11.0. The minimum Gasteiger partial charge on any atom is -0.481 e. The van der Waals surface area contributed by atoms with Gasteiger partial charge >= 0.3 is 5.97 Å². The minimum absolute atomic E-state index is 0.113. The van der Waals surface area contributed by atoms with Crippen molar-refractivity contribution in [3.63, 3.8) is 0 Å². The Balaban J connectivity index is 2.00. The summed E-state index contributed by atoms with van der Waals surface area (Å²) in [4.78, 5) is 17.6. The molecule has 1 N–H and O–H groups in total. The highest BCUT2D eigenvalue weighted by atomic mass is 32.1. The van der Waals surface area contributed by atoms with Crippen molar-refractivity contribution >= 4 is 17.3 Å². The van der Waals surface area contributed by atoms with E-state index in [-0.39, 0.29) is 12.0 Å². The molecule has 0 aliphatic carbocycles. The van der Waals surface area contributed by atoms with Crippen LogP contribution in [-0.4, -0.2) is 33.5 Å². The third-order valence-electron chi connectivity index (χ3n) is 3.21. The number of aromatic nitrogens is 1. The molecular weight excluding hydrogens is 224 g/mol. The van der Waals surface area contributed by atoms with Gasteiger partial charge in [-0.2, -0.15) is 0 Å². The van der Waals surface area contributed by atoms with Crippen LogP contribution in [0.2, 0.25) is 0 Å². The molecular formula is C11H16N2O2S. The van der Waals surface area contributed by atoms with Crippen molar-refractivity contribution in [3.8, 4) is 0 Å². The van der Waals surface area contributed by atoms with E-state index >= 15 is 0 Å². The topological polar surface area (TPSA) is 53.4 Å². The highest BCUT2D eigenvalue weighted by Gasteiger charge is 2.35. The van der Waals surface area contributed by atoms with Gasteiger partial charge in [0.15, 0.2) is 0 Å². The fourth-order valence-corrected chi connectivity index (χ4v) is 3.00. The first-order chi connectivity index (χ1) is 7.58. The van der Waals surface area contributed by atoms with Crippen molar-refractivity contribution in [1.29, 1.82) is 0 Å². The van der Waals surface area contributed by atoms with Gasteiger partial charge in [0.2, 0.25) is 0 Å². The van der Waals surface area contributed by atoms with E-state index in [0.717, 1.165) is 30.2 Å². The first kappa shape index (κ1) is 11.5. The first-order valence-corrected chi connectivity index (χ1v) is 6.33. The quantitative estimate of drug-likeness (QED) is 0.874. The lowest BCUT2D eigenvalue weighted by Crippen LogP contribution is -2.32. The number of aryl methyl sites for hydroxylation is 1. The lowest BCUT2D eigenvalue weighted by molar-refractivity contribution is -0.142. The smallest absolute Gasteiger partial charge is 0.308 e. The molecule has 5 heteroatoms. The van der Waals surface area contributed by atoms with Crippen LogP contribution < -0.4 is 0 Å². The van der Waals surface area contributed by atoms with Gasteiger partial charge < -0.3 is 5.11 Å². The molecule has 88 valence electrons. The Labute approximate surface area is 98.9 Å². The van der Waals surface area contributed by atoms with Crippen molar-refractivity contribution in [2.45, 2.75) is 32.9 Å². The van der Waals surface area contributed by atoms with E-state index < -0.39 is 5.97 Å². The van der Waals surface area contributed by atoms with E-state index in [9.17, 15) is 4.79 Å². The van der Waals surface area contributed by atoms with Crippen molar-refractivity contribution in [1.82, 2.24) is 9.88 Å². The van der Waals surface area contributed by atoms with Gasteiger partial charge in [-0.1, -0.05) is 0 Å². The number of nitrogens with zero attached hydrogens (tertiary/aromatic N) is 2. The van der Waals surface area contributed by atoms with Gasteiger partial charge in [-0.05, 0) is 26.8 Å². The summed E-state index contributed by atoms with van der Waals surface area (Å²) in [5, 5.41) is 12.1. The maximum Gasteiger partial charge on any atom is 0.308 e. The predicted octanol–water partition coefficient (Wildman–Crippen LogP) is 1.75.